The highest BCUT2D eigenvalue weighted by Crippen LogP contribution is 2.38. The van der Waals surface area contributed by atoms with E-state index in [1.54, 1.807) is 7.11 Å². The Balaban J connectivity index is 2.01. The first-order valence-corrected chi connectivity index (χ1v) is 8.40. The topological polar surface area (TPSA) is 65.4 Å². The first kappa shape index (κ1) is 17.8. The number of rotatable bonds is 5. The lowest BCUT2D eigenvalue weighted by molar-refractivity contribution is -0.114. The number of benzene rings is 1. The Morgan fingerprint density at radius 3 is 2.73 bits per heavy atom. The maximum absolute atomic E-state index is 11.7. The molecule has 6 heteroatoms. The van der Waals surface area contributed by atoms with Crippen LogP contribution in [0.25, 0.3) is 10.9 Å². The van der Waals surface area contributed by atoms with Gasteiger partial charge in [0.2, 0.25) is 11.8 Å². The number of hydrogen-bond donors (Lipinski definition) is 1. The van der Waals surface area contributed by atoms with Gasteiger partial charge < -0.3 is 19.4 Å². The number of methoxy groups -OCH3 is 1. The average Bonchev–Trinajstić information content (AvgIpc) is 2.85. The molecule has 26 heavy (non-hydrogen) atoms. The number of aromatic nitrogens is 2. The minimum absolute atomic E-state index is 0.140. The third kappa shape index (κ3) is 3.35. The van der Waals surface area contributed by atoms with Gasteiger partial charge >= 0.3 is 0 Å². The molecule has 2 aromatic heterocycles. The number of nitrogens with zero attached hydrogens (tertiary/aromatic N) is 2. The van der Waals surface area contributed by atoms with Crippen LogP contribution in [0.2, 0.25) is 0 Å². The Bertz CT molecular complexity index is 976. The number of fused-ring (bicyclic) bond motifs is 1. The van der Waals surface area contributed by atoms with Crippen molar-refractivity contribution in [1.29, 1.82) is 0 Å². The van der Waals surface area contributed by atoms with Gasteiger partial charge in [0.25, 0.3) is 0 Å². The van der Waals surface area contributed by atoms with Crippen LogP contribution < -0.4 is 14.8 Å². The highest BCUT2D eigenvalue weighted by Gasteiger charge is 2.19. The van der Waals surface area contributed by atoms with E-state index in [4.69, 9.17) is 9.47 Å². The van der Waals surface area contributed by atoms with Gasteiger partial charge in [0.05, 0.1) is 18.3 Å². The molecule has 6 nitrogen and oxygen atoms in total. The second-order valence-corrected chi connectivity index (χ2v) is 6.32. The van der Waals surface area contributed by atoms with Gasteiger partial charge in [0.1, 0.15) is 18.0 Å². The molecular formula is C20H23N3O3. The third-order valence-corrected chi connectivity index (χ3v) is 4.23. The van der Waals surface area contributed by atoms with Gasteiger partial charge in [-0.3, -0.25) is 9.78 Å². The van der Waals surface area contributed by atoms with Crippen molar-refractivity contribution in [2.24, 2.45) is 7.05 Å². The van der Waals surface area contributed by atoms with Gasteiger partial charge in [0, 0.05) is 37.2 Å². The molecule has 3 aromatic rings. The number of carbonyl (C=O) groups excluding carboxylic acids is 1. The number of ether oxygens (including phenoxy) is 2. The second-order valence-electron chi connectivity index (χ2n) is 6.32. The number of hydrogen-bond acceptors (Lipinski definition) is 4. The lowest BCUT2D eigenvalue weighted by Gasteiger charge is -2.11. The number of amides is 1. The highest BCUT2D eigenvalue weighted by molar-refractivity contribution is 6.05. The van der Waals surface area contributed by atoms with Crippen molar-refractivity contribution in [3.05, 3.63) is 47.3 Å². The van der Waals surface area contributed by atoms with Crippen LogP contribution in [0, 0.1) is 13.8 Å². The van der Waals surface area contributed by atoms with E-state index in [-0.39, 0.29) is 12.5 Å². The molecule has 1 aromatic carbocycles. The Labute approximate surface area is 152 Å². The molecule has 2 heterocycles. The van der Waals surface area contributed by atoms with E-state index in [0.717, 1.165) is 33.6 Å². The summed E-state index contributed by atoms with van der Waals surface area (Å²) in [6, 6.07) is 9.70. The summed E-state index contributed by atoms with van der Waals surface area (Å²) in [7, 11) is 3.56. The van der Waals surface area contributed by atoms with Gasteiger partial charge in [0.15, 0.2) is 0 Å². The Kier molecular flexibility index (Phi) is 4.84. The number of anilines is 1. The van der Waals surface area contributed by atoms with E-state index in [9.17, 15) is 4.79 Å². The quantitative estimate of drug-likeness (QED) is 0.759. The minimum atomic E-state index is -0.140. The zero-order chi connectivity index (χ0) is 18.8. The van der Waals surface area contributed by atoms with Crippen molar-refractivity contribution >= 4 is 22.5 Å². The summed E-state index contributed by atoms with van der Waals surface area (Å²) in [6.07, 6.45) is 0. The predicted molar refractivity (Wildman–Crippen MR) is 102 cm³/mol. The Morgan fingerprint density at radius 2 is 2.04 bits per heavy atom. The second kappa shape index (κ2) is 7.07. The monoisotopic (exact) mass is 353 g/mol. The van der Waals surface area contributed by atoms with Gasteiger partial charge in [-0.2, -0.15) is 0 Å². The maximum Gasteiger partial charge on any atom is 0.221 e. The number of carbonyl (C=O) groups is 1. The summed E-state index contributed by atoms with van der Waals surface area (Å²) >= 11 is 0. The molecule has 1 N–H and O–H groups in total. The minimum Gasteiger partial charge on any atom is -0.497 e. The summed E-state index contributed by atoms with van der Waals surface area (Å²) in [6.45, 7) is 5.71. The van der Waals surface area contributed by atoms with E-state index >= 15 is 0 Å². The molecule has 0 bridgehead atoms. The van der Waals surface area contributed by atoms with Gasteiger partial charge in [-0.15, -0.1) is 0 Å². The van der Waals surface area contributed by atoms with Gasteiger partial charge in [-0.25, -0.2) is 0 Å². The molecule has 1 amide bonds. The van der Waals surface area contributed by atoms with Gasteiger partial charge in [-0.05, 0) is 19.4 Å². The third-order valence-electron chi connectivity index (χ3n) is 4.23. The summed E-state index contributed by atoms with van der Waals surface area (Å²) in [5, 5.41) is 3.86. The summed E-state index contributed by atoms with van der Waals surface area (Å²) in [4.78, 5) is 16.2. The number of aryl methyl sites for hydroxylation is 3. The Hall–Kier alpha value is -3.02. The average molecular weight is 353 g/mol. The van der Waals surface area contributed by atoms with E-state index in [2.05, 4.69) is 10.3 Å². The van der Waals surface area contributed by atoms with Crippen LogP contribution in [0.1, 0.15) is 23.9 Å². The van der Waals surface area contributed by atoms with E-state index in [1.165, 1.54) is 6.92 Å². The first-order valence-electron chi connectivity index (χ1n) is 8.40. The fourth-order valence-electron chi connectivity index (χ4n) is 3.19. The molecule has 0 atom stereocenters. The molecule has 3 rings (SSSR count). The summed E-state index contributed by atoms with van der Waals surface area (Å²) < 4.78 is 13.3. The number of pyridine rings is 1. The first-order chi connectivity index (χ1) is 12.4. The molecule has 0 spiro atoms. The molecule has 0 fully saturated rings. The lowest BCUT2D eigenvalue weighted by Crippen LogP contribution is -2.09. The van der Waals surface area contributed by atoms with Crippen LogP contribution in [0.15, 0.2) is 30.3 Å². The molecule has 0 aliphatic heterocycles. The smallest absolute Gasteiger partial charge is 0.221 e. The zero-order valence-corrected chi connectivity index (χ0v) is 15.7. The van der Waals surface area contributed by atoms with Gasteiger partial charge in [-0.1, -0.05) is 18.2 Å². The normalized spacial score (nSPS) is 10.8. The van der Waals surface area contributed by atoms with E-state index in [0.29, 0.717) is 11.6 Å². The summed E-state index contributed by atoms with van der Waals surface area (Å²) in [5.41, 5.74) is 4.44. The fraction of sp³-hybridized carbons (Fsp3) is 0.300. The highest BCUT2D eigenvalue weighted by atomic mass is 16.5. The van der Waals surface area contributed by atoms with Crippen molar-refractivity contribution in [3.63, 3.8) is 0 Å². The molecule has 0 aliphatic rings. The van der Waals surface area contributed by atoms with Crippen molar-refractivity contribution < 1.29 is 14.3 Å². The van der Waals surface area contributed by atoms with Crippen LogP contribution >= 0.6 is 0 Å². The largest absolute Gasteiger partial charge is 0.497 e. The summed E-state index contributed by atoms with van der Waals surface area (Å²) in [5.74, 6) is 1.21. The van der Waals surface area contributed by atoms with Crippen LogP contribution in [-0.4, -0.2) is 22.6 Å². The molecule has 0 saturated carbocycles. The van der Waals surface area contributed by atoms with Crippen LogP contribution in [0.4, 0.5) is 5.69 Å². The van der Waals surface area contributed by atoms with Crippen LogP contribution in [0.3, 0.4) is 0 Å². The lowest BCUT2D eigenvalue weighted by atomic mass is 10.1. The standard InChI is InChI=1S/C20H23N3O3/c1-12-7-6-8-17-18(22-14(3)24)20(23(4)19(12)17)26-11-15-10-16(25-5)9-13(2)21-15/h6-10H,11H2,1-5H3,(H,22,24). The zero-order valence-electron chi connectivity index (χ0n) is 15.7. The number of nitrogens with one attached hydrogen (secondary N) is 1. The SMILES string of the molecule is COc1cc(C)nc(COc2c(NC(C)=O)c3cccc(C)c3n2C)c1. The van der Waals surface area contributed by atoms with E-state index in [1.807, 2.05) is 55.8 Å². The molecule has 0 aliphatic carbocycles. The maximum atomic E-state index is 11.7. The van der Waals surface area contributed by atoms with Crippen molar-refractivity contribution in [1.82, 2.24) is 9.55 Å². The Morgan fingerprint density at radius 1 is 1.27 bits per heavy atom. The molecule has 136 valence electrons. The van der Waals surface area contributed by atoms with Crippen molar-refractivity contribution in [2.75, 3.05) is 12.4 Å². The van der Waals surface area contributed by atoms with Crippen molar-refractivity contribution in [3.8, 4) is 11.6 Å². The number of para-hydroxylation sites is 1. The molecule has 0 unspecified atom stereocenters. The molecule has 0 radical (unpaired) electrons. The van der Waals surface area contributed by atoms with E-state index < -0.39 is 0 Å². The van der Waals surface area contributed by atoms with Crippen LogP contribution in [0.5, 0.6) is 11.6 Å². The molecular weight excluding hydrogens is 330 g/mol. The van der Waals surface area contributed by atoms with Crippen molar-refractivity contribution in [2.45, 2.75) is 27.4 Å². The fourth-order valence-corrected chi connectivity index (χ4v) is 3.19. The van der Waals surface area contributed by atoms with Crippen LogP contribution in [-0.2, 0) is 18.4 Å². The predicted octanol–water partition coefficient (Wildman–Crippen LogP) is 3.74. The molecule has 0 saturated heterocycles.